The Morgan fingerprint density at radius 2 is 2.00 bits per heavy atom. The van der Waals surface area contributed by atoms with Gasteiger partial charge in [-0.25, -0.2) is 0 Å². The molecule has 3 N–H and O–H groups in total. The smallest absolute Gasteiger partial charge is 0.224 e. The van der Waals surface area contributed by atoms with Gasteiger partial charge in [0.1, 0.15) is 0 Å². The van der Waals surface area contributed by atoms with Crippen molar-refractivity contribution in [3.63, 3.8) is 0 Å². The molecule has 0 aromatic heterocycles. The van der Waals surface area contributed by atoms with Crippen molar-refractivity contribution in [1.29, 1.82) is 0 Å². The van der Waals surface area contributed by atoms with E-state index in [1.807, 2.05) is 44.3 Å². The van der Waals surface area contributed by atoms with Gasteiger partial charge in [0.15, 0.2) is 0 Å². The van der Waals surface area contributed by atoms with E-state index >= 15 is 0 Å². The predicted molar refractivity (Wildman–Crippen MR) is 78.7 cm³/mol. The lowest BCUT2D eigenvalue weighted by Crippen LogP contribution is -2.39. The zero-order chi connectivity index (χ0) is 14.3. The fraction of sp³-hybridized carbons (Fsp3) is 0.533. The van der Waals surface area contributed by atoms with Crippen molar-refractivity contribution in [2.45, 2.75) is 19.9 Å². The van der Waals surface area contributed by atoms with Gasteiger partial charge in [-0.15, -0.1) is 0 Å². The maximum atomic E-state index is 12.0. The minimum absolute atomic E-state index is 0.0147. The Hall–Kier alpha value is -1.39. The van der Waals surface area contributed by atoms with Gasteiger partial charge in [-0.1, -0.05) is 44.2 Å². The molecule has 2 unspecified atom stereocenters. The molecule has 1 rings (SSSR count). The molecule has 0 heterocycles. The van der Waals surface area contributed by atoms with Crippen molar-refractivity contribution in [1.82, 2.24) is 10.2 Å². The minimum Gasteiger partial charge on any atom is -0.355 e. The summed E-state index contributed by atoms with van der Waals surface area (Å²) in [5.74, 6) is -0.213. The van der Waals surface area contributed by atoms with Crippen molar-refractivity contribution in [3.05, 3.63) is 35.9 Å². The average Bonchev–Trinajstić information content (AvgIpc) is 2.46. The minimum atomic E-state index is -0.259. The molecule has 0 radical (unpaired) electrons. The van der Waals surface area contributed by atoms with E-state index in [1.54, 1.807) is 0 Å². The molecule has 106 valence electrons. The number of carbonyl (C=O) groups is 1. The third-order valence-electron chi connectivity index (χ3n) is 3.47. The number of likely N-dealkylation sites (N-methyl/N-ethyl adjacent to an activating group) is 1. The van der Waals surface area contributed by atoms with Gasteiger partial charge in [0.2, 0.25) is 5.91 Å². The van der Waals surface area contributed by atoms with E-state index in [1.165, 1.54) is 0 Å². The molecule has 0 saturated heterocycles. The fourth-order valence-electron chi connectivity index (χ4n) is 1.82. The number of hydrogen-bond acceptors (Lipinski definition) is 3. The second-order valence-electron chi connectivity index (χ2n) is 4.91. The second kappa shape index (κ2) is 7.92. The third-order valence-corrected chi connectivity index (χ3v) is 3.47. The summed E-state index contributed by atoms with van der Waals surface area (Å²) in [7, 11) is 2.03. The highest BCUT2D eigenvalue weighted by atomic mass is 16.1. The molecule has 0 aliphatic heterocycles. The van der Waals surface area contributed by atoms with Crippen LogP contribution < -0.4 is 11.1 Å². The highest BCUT2D eigenvalue weighted by molar-refractivity contribution is 5.79. The summed E-state index contributed by atoms with van der Waals surface area (Å²) < 4.78 is 0. The monoisotopic (exact) mass is 263 g/mol. The summed E-state index contributed by atoms with van der Waals surface area (Å²) in [5.41, 5.74) is 7.12. The van der Waals surface area contributed by atoms with Gasteiger partial charge < -0.3 is 16.0 Å². The standard InChI is InChI=1S/C15H25N3O/c1-4-18(3)11-10-17-15(19)12(2)14(16)13-8-6-5-7-9-13/h5-9,12,14H,4,10-11,16H2,1-3H3,(H,17,19). The zero-order valence-electron chi connectivity index (χ0n) is 12.1. The topological polar surface area (TPSA) is 58.4 Å². The third kappa shape index (κ3) is 5.01. The van der Waals surface area contributed by atoms with Gasteiger partial charge in [0, 0.05) is 19.1 Å². The molecule has 0 aliphatic rings. The highest BCUT2D eigenvalue weighted by Gasteiger charge is 2.21. The molecular weight excluding hydrogens is 238 g/mol. The summed E-state index contributed by atoms with van der Waals surface area (Å²) in [6.45, 7) is 6.46. The highest BCUT2D eigenvalue weighted by Crippen LogP contribution is 2.18. The molecule has 0 fully saturated rings. The molecule has 1 amide bonds. The molecule has 4 heteroatoms. The summed E-state index contributed by atoms with van der Waals surface area (Å²) >= 11 is 0. The van der Waals surface area contributed by atoms with Crippen molar-refractivity contribution in [2.75, 3.05) is 26.7 Å². The van der Waals surface area contributed by atoms with Crippen LogP contribution in [-0.2, 0) is 4.79 Å². The van der Waals surface area contributed by atoms with E-state index in [-0.39, 0.29) is 17.9 Å². The van der Waals surface area contributed by atoms with Crippen LogP contribution in [-0.4, -0.2) is 37.5 Å². The van der Waals surface area contributed by atoms with E-state index in [2.05, 4.69) is 17.1 Å². The van der Waals surface area contributed by atoms with Gasteiger partial charge in [0.05, 0.1) is 5.92 Å². The number of benzene rings is 1. The van der Waals surface area contributed by atoms with E-state index in [0.717, 1.165) is 18.7 Å². The number of rotatable bonds is 7. The largest absolute Gasteiger partial charge is 0.355 e. The summed E-state index contributed by atoms with van der Waals surface area (Å²) in [6, 6.07) is 9.48. The molecule has 1 aromatic rings. The van der Waals surface area contributed by atoms with E-state index in [4.69, 9.17) is 5.73 Å². The van der Waals surface area contributed by atoms with E-state index < -0.39 is 0 Å². The first-order valence-electron chi connectivity index (χ1n) is 6.83. The molecule has 1 aromatic carbocycles. The normalized spacial score (nSPS) is 14.2. The Morgan fingerprint density at radius 3 is 2.58 bits per heavy atom. The van der Waals surface area contributed by atoms with Gasteiger partial charge in [-0.05, 0) is 19.2 Å². The number of nitrogens with one attached hydrogen (secondary N) is 1. The number of amides is 1. The van der Waals surface area contributed by atoms with Crippen molar-refractivity contribution >= 4 is 5.91 Å². The van der Waals surface area contributed by atoms with Crippen LogP contribution in [0, 0.1) is 5.92 Å². The van der Waals surface area contributed by atoms with Crippen molar-refractivity contribution < 1.29 is 4.79 Å². The van der Waals surface area contributed by atoms with Crippen LogP contribution in [0.15, 0.2) is 30.3 Å². The van der Waals surface area contributed by atoms with Crippen LogP contribution in [0.5, 0.6) is 0 Å². The number of nitrogens with two attached hydrogens (primary N) is 1. The Labute approximate surface area is 116 Å². The average molecular weight is 263 g/mol. The van der Waals surface area contributed by atoms with E-state index in [0.29, 0.717) is 6.54 Å². The van der Waals surface area contributed by atoms with Gasteiger partial charge in [-0.3, -0.25) is 4.79 Å². The van der Waals surface area contributed by atoms with Gasteiger partial charge >= 0.3 is 0 Å². The SMILES string of the molecule is CCN(C)CCNC(=O)C(C)C(N)c1ccccc1. The fourth-order valence-corrected chi connectivity index (χ4v) is 1.82. The van der Waals surface area contributed by atoms with Crippen LogP contribution in [0.25, 0.3) is 0 Å². The Bertz CT molecular complexity index is 380. The lowest BCUT2D eigenvalue weighted by molar-refractivity contribution is -0.125. The number of carbonyl (C=O) groups excluding carboxylic acids is 1. The van der Waals surface area contributed by atoms with Crippen LogP contribution in [0.1, 0.15) is 25.5 Å². The predicted octanol–water partition coefficient (Wildman–Crippen LogP) is 1.39. The maximum absolute atomic E-state index is 12.0. The maximum Gasteiger partial charge on any atom is 0.224 e. The summed E-state index contributed by atoms with van der Waals surface area (Å²) in [5, 5.41) is 2.94. The lowest BCUT2D eigenvalue weighted by Gasteiger charge is -2.21. The number of hydrogen-bond donors (Lipinski definition) is 2. The Balaban J connectivity index is 2.44. The molecule has 2 atom stereocenters. The molecule has 19 heavy (non-hydrogen) atoms. The van der Waals surface area contributed by atoms with Crippen LogP contribution >= 0.6 is 0 Å². The van der Waals surface area contributed by atoms with Crippen LogP contribution in [0.4, 0.5) is 0 Å². The second-order valence-corrected chi connectivity index (χ2v) is 4.91. The molecule has 0 bridgehead atoms. The van der Waals surface area contributed by atoms with Crippen LogP contribution in [0.2, 0.25) is 0 Å². The Morgan fingerprint density at radius 1 is 1.37 bits per heavy atom. The first-order chi connectivity index (χ1) is 9.06. The number of nitrogens with zero attached hydrogens (tertiary/aromatic N) is 1. The lowest BCUT2D eigenvalue weighted by atomic mass is 9.95. The van der Waals surface area contributed by atoms with Crippen LogP contribution in [0.3, 0.4) is 0 Å². The molecule has 0 saturated carbocycles. The molecule has 0 aliphatic carbocycles. The van der Waals surface area contributed by atoms with Crippen molar-refractivity contribution in [2.24, 2.45) is 11.7 Å². The zero-order valence-corrected chi connectivity index (χ0v) is 12.1. The summed E-state index contributed by atoms with van der Waals surface area (Å²) in [4.78, 5) is 14.2. The molecule has 4 nitrogen and oxygen atoms in total. The Kier molecular flexibility index (Phi) is 6.53. The summed E-state index contributed by atoms with van der Waals surface area (Å²) in [6.07, 6.45) is 0. The quantitative estimate of drug-likeness (QED) is 0.781. The first kappa shape index (κ1) is 15.7. The van der Waals surface area contributed by atoms with E-state index in [9.17, 15) is 4.79 Å². The van der Waals surface area contributed by atoms with Gasteiger partial charge in [-0.2, -0.15) is 0 Å². The van der Waals surface area contributed by atoms with Gasteiger partial charge in [0.25, 0.3) is 0 Å². The molecular formula is C15H25N3O. The van der Waals surface area contributed by atoms with Crippen molar-refractivity contribution in [3.8, 4) is 0 Å². The molecule has 0 spiro atoms. The first-order valence-corrected chi connectivity index (χ1v) is 6.83.